The van der Waals surface area contributed by atoms with E-state index in [1.165, 1.54) is 16.8 Å². The number of benzene rings is 2. The molecule has 1 aliphatic rings. The molecular weight excluding hydrogens is 346 g/mol. The first-order valence-electron chi connectivity index (χ1n) is 10.1. The monoisotopic (exact) mass is 379 g/mol. The first kappa shape index (κ1) is 20.4. The Morgan fingerprint density at radius 1 is 0.964 bits per heavy atom. The van der Waals surface area contributed by atoms with E-state index in [0.29, 0.717) is 0 Å². The van der Waals surface area contributed by atoms with Crippen LogP contribution in [0.1, 0.15) is 42.3 Å². The summed E-state index contributed by atoms with van der Waals surface area (Å²) in [6, 6.07) is 16.8. The van der Waals surface area contributed by atoms with Gasteiger partial charge in [0.1, 0.15) is 0 Å². The van der Waals surface area contributed by atoms with Gasteiger partial charge in [-0.3, -0.25) is 4.79 Å². The quantitative estimate of drug-likeness (QED) is 0.803. The molecule has 3 rings (SSSR count). The van der Waals surface area contributed by atoms with E-state index in [0.717, 1.165) is 38.3 Å². The Labute approximate surface area is 169 Å². The molecule has 150 valence electrons. The molecule has 0 saturated carbocycles. The Kier molecular flexibility index (Phi) is 6.09. The third-order valence-electron chi connectivity index (χ3n) is 5.34. The average molecular weight is 380 g/mol. The van der Waals surface area contributed by atoms with Crippen molar-refractivity contribution in [2.75, 3.05) is 45.2 Å². The van der Waals surface area contributed by atoms with Crippen molar-refractivity contribution in [2.24, 2.45) is 0 Å². The molecule has 2 aromatic carbocycles. The number of nitrogens with zero attached hydrogens (tertiary/aromatic N) is 3. The van der Waals surface area contributed by atoms with Gasteiger partial charge in [-0.2, -0.15) is 0 Å². The van der Waals surface area contributed by atoms with Crippen LogP contribution in [0, 0.1) is 0 Å². The normalized spacial score (nSPS) is 15.2. The summed E-state index contributed by atoms with van der Waals surface area (Å²) >= 11 is 0. The molecule has 0 atom stereocenters. The predicted octanol–water partition coefficient (Wildman–Crippen LogP) is 4.01. The fourth-order valence-corrected chi connectivity index (χ4v) is 3.68. The highest BCUT2D eigenvalue weighted by Crippen LogP contribution is 2.23. The van der Waals surface area contributed by atoms with Gasteiger partial charge in [0.15, 0.2) is 0 Å². The lowest BCUT2D eigenvalue weighted by Crippen LogP contribution is -2.48. The van der Waals surface area contributed by atoms with Gasteiger partial charge in [-0.25, -0.2) is 0 Å². The fourth-order valence-electron chi connectivity index (χ4n) is 3.68. The third kappa shape index (κ3) is 4.93. The molecule has 0 spiro atoms. The van der Waals surface area contributed by atoms with Crippen molar-refractivity contribution in [3.63, 3.8) is 0 Å². The smallest absolute Gasteiger partial charge is 0.253 e. The number of amides is 1. The van der Waals surface area contributed by atoms with Gasteiger partial charge in [0, 0.05) is 44.0 Å². The van der Waals surface area contributed by atoms with E-state index in [-0.39, 0.29) is 11.3 Å². The van der Waals surface area contributed by atoms with E-state index in [4.69, 9.17) is 0 Å². The minimum absolute atomic E-state index is 0.105. The summed E-state index contributed by atoms with van der Waals surface area (Å²) in [7, 11) is 4.18. The molecule has 1 fully saturated rings. The number of hydrogen-bond acceptors (Lipinski definition) is 3. The second-order valence-electron chi connectivity index (χ2n) is 9.01. The molecule has 1 amide bonds. The van der Waals surface area contributed by atoms with Crippen molar-refractivity contribution in [3.8, 4) is 0 Å². The molecule has 0 N–H and O–H groups in total. The van der Waals surface area contributed by atoms with Crippen molar-refractivity contribution in [1.82, 2.24) is 9.80 Å². The zero-order valence-corrected chi connectivity index (χ0v) is 17.9. The van der Waals surface area contributed by atoms with Crippen LogP contribution in [0.2, 0.25) is 0 Å². The zero-order valence-electron chi connectivity index (χ0n) is 17.9. The number of carbonyl (C=O) groups is 1. The van der Waals surface area contributed by atoms with Crippen LogP contribution in [-0.2, 0) is 12.0 Å². The maximum Gasteiger partial charge on any atom is 0.253 e. The van der Waals surface area contributed by atoms with E-state index in [1.54, 1.807) is 0 Å². The first-order chi connectivity index (χ1) is 13.2. The standard InChI is InChI=1S/C24H33N3O/c1-24(2,3)21-11-9-20(10-12-21)23(28)27-15-13-26(14-16-27)22-8-6-7-19(17-22)18-25(4)5/h6-12,17H,13-16,18H2,1-5H3. The minimum Gasteiger partial charge on any atom is -0.368 e. The Balaban J connectivity index is 1.61. The molecule has 28 heavy (non-hydrogen) atoms. The van der Waals surface area contributed by atoms with E-state index in [1.807, 2.05) is 17.0 Å². The second kappa shape index (κ2) is 8.36. The summed E-state index contributed by atoms with van der Waals surface area (Å²) in [5, 5.41) is 0. The molecule has 4 nitrogen and oxygen atoms in total. The van der Waals surface area contributed by atoms with Crippen LogP contribution in [0.4, 0.5) is 5.69 Å². The molecule has 0 aliphatic carbocycles. The molecule has 1 heterocycles. The van der Waals surface area contributed by atoms with Crippen LogP contribution in [-0.4, -0.2) is 56.0 Å². The van der Waals surface area contributed by atoms with Gasteiger partial charge in [-0.05, 0) is 54.9 Å². The average Bonchev–Trinajstić information content (AvgIpc) is 2.67. The molecule has 1 saturated heterocycles. The number of carbonyl (C=O) groups excluding carboxylic acids is 1. The van der Waals surface area contributed by atoms with Gasteiger partial charge in [0.2, 0.25) is 0 Å². The van der Waals surface area contributed by atoms with Gasteiger partial charge in [0.05, 0.1) is 0 Å². The highest BCUT2D eigenvalue weighted by Gasteiger charge is 2.23. The van der Waals surface area contributed by atoms with Crippen molar-refractivity contribution in [3.05, 3.63) is 65.2 Å². The van der Waals surface area contributed by atoms with Crippen LogP contribution in [0.3, 0.4) is 0 Å². The topological polar surface area (TPSA) is 26.8 Å². The van der Waals surface area contributed by atoms with Gasteiger partial charge < -0.3 is 14.7 Å². The van der Waals surface area contributed by atoms with E-state index in [9.17, 15) is 4.79 Å². The predicted molar refractivity (Wildman–Crippen MR) is 117 cm³/mol. The van der Waals surface area contributed by atoms with Gasteiger partial charge in [0.25, 0.3) is 5.91 Å². The van der Waals surface area contributed by atoms with Crippen LogP contribution < -0.4 is 4.90 Å². The van der Waals surface area contributed by atoms with Crippen LogP contribution in [0.25, 0.3) is 0 Å². The Hall–Kier alpha value is -2.33. The fraction of sp³-hybridized carbons (Fsp3) is 0.458. The van der Waals surface area contributed by atoms with Crippen molar-refractivity contribution in [1.29, 1.82) is 0 Å². The van der Waals surface area contributed by atoms with E-state index >= 15 is 0 Å². The summed E-state index contributed by atoms with van der Waals surface area (Å²) in [4.78, 5) is 19.4. The summed E-state index contributed by atoms with van der Waals surface area (Å²) < 4.78 is 0. The molecule has 0 unspecified atom stereocenters. The van der Waals surface area contributed by atoms with E-state index < -0.39 is 0 Å². The first-order valence-corrected chi connectivity index (χ1v) is 10.1. The Morgan fingerprint density at radius 2 is 1.61 bits per heavy atom. The third-order valence-corrected chi connectivity index (χ3v) is 5.34. The van der Waals surface area contributed by atoms with Crippen molar-refractivity contribution < 1.29 is 4.79 Å². The maximum atomic E-state index is 12.9. The molecule has 0 aromatic heterocycles. The zero-order chi connectivity index (χ0) is 20.3. The number of piperazine rings is 1. The van der Waals surface area contributed by atoms with Gasteiger partial charge >= 0.3 is 0 Å². The lowest BCUT2D eigenvalue weighted by molar-refractivity contribution is 0.0746. The highest BCUT2D eigenvalue weighted by atomic mass is 16.2. The minimum atomic E-state index is 0.105. The second-order valence-corrected chi connectivity index (χ2v) is 9.01. The van der Waals surface area contributed by atoms with Crippen molar-refractivity contribution in [2.45, 2.75) is 32.7 Å². The van der Waals surface area contributed by atoms with E-state index in [2.05, 4.69) is 81.1 Å². The maximum absolute atomic E-state index is 12.9. The lowest BCUT2D eigenvalue weighted by Gasteiger charge is -2.36. The molecule has 2 aromatic rings. The molecule has 4 heteroatoms. The van der Waals surface area contributed by atoms with Gasteiger partial charge in [-0.15, -0.1) is 0 Å². The largest absolute Gasteiger partial charge is 0.368 e. The summed E-state index contributed by atoms with van der Waals surface area (Å²) in [5.74, 6) is 0.140. The highest BCUT2D eigenvalue weighted by molar-refractivity contribution is 5.94. The van der Waals surface area contributed by atoms with Crippen LogP contribution in [0.5, 0.6) is 0 Å². The number of rotatable bonds is 4. The summed E-state index contributed by atoms with van der Waals surface area (Å²) in [6.07, 6.45) is 0. The summed E-state index contributed by atoms with van der Waals surface area (Å²) in [5.41, 5.74) is 4.72. The molecular formula is C24H33N3O. The van der Waals surface area contributed by atoms with Crippen molar-refractivity contribution >= 4 is 11.6 Å². The Bertz CT molecular complexity index is 797. The van der Waals surface area contributed by atoms with Gasteiger partial charge in [-0.1, -0.05) is 45.0 Å². The molecule has 1 aliphatic heterocycles. The number of anilines is 1. The lowest BCUT2D eigenvalue weighted by atomic mass is 9.86. The number of hydrogen-bond donors (Lipinski definition) is 0. The van der Waals surface area contributed by atoms with Crippen LogP contribution >= 0.6 is 0 Å². The SMILES string of the molecule is CN(C)Cc1cccc(N2CCN(C(=O)c3ccc(C(C)(C)C)cc3)CC2)c1. The molecule has 0 radical (unpaired) electrons. The Morgan fingerprint density at radius 3 is 2.18 bits per heavy atom. The van der Waals surface area contributed by atoms with Crippen LogP contribution in [0.15, 0.2) is 48.5 Å². The molecule has 0 bridgehead atoms. The summed E-state index contributed by atoms with van der Waals surface area (Å²) in [6.45, 7) is 10.8.